The number of hydrogen-bond donors (Lipinski definition) is 0. The molecule has 2 nitrogen and oxygen atoms in total. The van der Waals surface area contributed by atoms with Crippen LogP contribution in [0.4, 0.5) is 0 Å². The molecular weight excluding hydrogens is 477 g/mol. The average Bonchev–Trinajstić information content (AvgIpc) is 2.74. The first-order chi connectivity index (χ1) is 16.0. The smallest absolute Gasteiger partial charge is 0.261 e. The molecule has 0 aliphatic carbocycles. The van der Waals surface area contributed by atoms with E-state index in [0.717, 1.165) is 0 Å². The Balaban J connectivity index is 2.60. The van der Waals surface area contributed by atoms with Crippen LogP contribution < -0.4 is 10.4 Å². The first-order valence-electron chi connectivity index (χ1n) is 12.9. The van der Waals surface area contributed by atoms with E-state index < -0.39 is 24.7 Å². The van der Waals surface area contributed by atoms with Crippen LogP contribution >= 0.6 is 0 Å². The predicted octanol–water partition coefficient (Wildman–Crippen LogP) is 7.22. The molecule has 0 heterocycles. The van der Waals surface area contributed by atoms with Crippen molar-refractivity contribution in [2.24, 2.45) is 0 Å². The van der Waals surface area contributed by atoms with Crippen LogP contribution in [0.15, 0.2) is 60.7 Å². The van der Waals surface area contributed by atoms with E-state index in [1.807, 2.05) is 0 Å². The van der Waals surface area contributed by atoms with Crippen molar-refractivity contribution in [1.82, 2.24) is 0 Å². The normalized spacial score (nSPS) is 14.3. The van der Waals surface area contributed by atoms with Crippen molar-refractivity contribution in [3.05, 3.63) is 60.7 Å². The molecule has 0 radical (unpaired) electrons. The molecule has 0 unspecified atom stereocenters. The second kappa shape index (κ2) is 11.3. The van der Waals surface area contributed by atoms with E-state index in [1.165, 1.54) is 10.4 Å². The molecule has 0 saturated heterocycles. The van der Waals surface area contributed by atoms with Gasteiger partial charge in [-0.15, -0.1) is 11.5 Å². The largest absolute Gasteiger partial charge is 0.414 e. The third-order valence-corrected chi connectivity index (χ3v) is 17.5. The summed E-state index contributed by atoms with van der Waals surface area (Å²) in [4.78, 5) is 0. The van der Waals surface area contributed by atoms with Crippen molar-refractivity contribution in [2.75, 3.05) is 6.61 Å². The Bertz CT molecular complexity index is 946. The quantitative estimate of drug-likeness (QED) is 0.268. The molecular formula is C30H48O2Si3. The second-order valence-corrected chi connectivity index (χ2v) is 27.0. The lowest BCUT2D eigenvalue weighted by Crippen LogP contribution is -2.68. The second-order valence-electron chi connectivity index (χ2n) is 13.2. The van der Waals surface area contributed by atoms with Crippen molar-refractivity contribution in [3.63, 3.8) is 0 Å². The minimum atomic E-state index is -2.67. The highest BCUT2D eigenvalue weighted by Gasteiger charge is 2.51. The highest BCUT2D eigenvalue weighted by atomic mass is 28.4. The summed E-state index contributed by atoms with van der Waals surface area (Å²) in [6.07, 6.45) is 0.614. The summed E-state index contributed by atoms with van der Waals surface area (Å²) in [6.45, 7) is 26.0. The number of rotatable bonds is 8. The van der Waals surface area contributed by atoms with E-state index in [-0.39, 0.29) is 16.2 Å². The van der Waals surface area contributed by atoms with Crippen LogP contribution in [-0.2, 0) is 8.85 Å². The Morgan fingerprint density at radius 2 is 1.17 bits per heavy atom. The van der Waals surface area contributed by atoms with Gasteiger partial charge < -0.3 is 8.85 Å². The van der Waals surface area contributed by atoms with Gasteiger partial charge in [-0.3, -0.25) is 0 Å². The Morgan fingerprint density at radius 3 is 1.54 bits per heavy atom. The van der Waals surface area contributed by atoms with Crippen LogP contribution in [0.2, 0.25) is 42.8 Å². The topological polar surface area (TPSA) is 18.5 Å². The first-order valence-corrected chi connectivity index (χ1v) is 21.2. The van der Waals surface area contributed by atoms with Crippen molar-refractivity contribution in [2.45, 2.75) is 96.9 Å². The molecule has 0 N–H and O–H groups in total. The lowest BCUT2D eigenvalue weighted by Gasteiger charge is -2.45. The summed E-state index contributed by atoms with van der Waals surface area (Å²) in [7, 11) is -6.07. The first kappa shape index (κ1) is 29.8. The summed E-state index contributed by atoms with van der Waals surface area (Å²) >= 11 is 0. The van der Waals surface area contributed by atoms with E-state index in [2.05, 4.69) is 146 Å². The van der Waals surface area contributed by atoms with Gasteiger partial charge in [0.2, 0.25) is 0 Å². The fraction of sp³-hybridized carbons (Fsp3) is 0.533. The molecule has 35 heavy (non-hydrogen) atoms. The van der Waals surface area contributed by atoms with E-state index in [9.17, 15) is 0 Å². The summed E-state index contributed by atoms with van der Waals surface area (Å²) < 4.78 is 14.2. The van der Waals surface area contributed by atoms with E-state index >= 15 is 0 Å². The van der Waals surface area contributed by atoms with Gasteiger partial charge in [0.05, 0.1) is 12.7 Å². The third-order valence-electron chi connectivity index (χ3n) is 6.99. The van der Waals surface area contributed by atoms with Crippen molar-refractivity contribution >= 4 is 35.1 Å². The monoisotopic (exact) mass is 524 g/mol. The van der Waals surface area contributed by atoms with Gasteiger partial charge in [-0.25, -0.2) is 0 Å². The molecule has 0 aliphatic heterocycles. The summed E-state index contributed by atoms with van der Waals surface area (Å²) in [5, 5.41) is 2.68. The van der Waals surface area contributed by atoms with E-state index in [0.29, 0.717) is 13.0 Å². The average molecular weight is 525 g/mol. The van der Waals surface area contributed by atoms with Crippen LogP contribution in [0.5, 0.6) is 0 Å². The fourth-order valence-electron chi connectivity index (χ4n) is 4.02. The van der Waals surface area contributed by atoms with Crippen molar-refractivity contribution < 1.29 is 8.85 Å². The molecule has 2 aromatic carbocycles. The third kappa shape index (κ3) is 7.77. The zero-order valence-corrected chi connectivity index (χ0v) is 27.1. The van der Waals surface area contributed by atoms with Gasteiger partial charge in [-0.05, 0) is 33.5 Å². The molecule has 0 spiro atoms. The van der Waals surface area contributed by atoms with Crippen LogP contribution in [0.1, 0.15) is 48.0 Å². The molecule has 0 bridgehead atoms. The Morgan fingerprint density at radius 1 is 0.714 bits per heavy atom. The van der Waals surface area contributed by atoms with E-state index in [4.69, 9.17) is 8.85 Å². The SMILES string of the molecule is CC(C)(C)[Si](C)(C)OC[C@H](CC#C[Si](C)(C)C)O[Si](c1ccccc1)(c1ccccc1)C(C)(C)C. The van der Waals surface area contributed by atoms with Crippen LogP contribution in [-0.4, -0.2) is 37.4 Å². The molecule has 1 atom stereocenters. The highest BCUT2D eigenvalue weighted by molar-refractivity contribution is 6.99. The molecule has 2 aromatic rings. The van der Waals surface area contributed by atoms with Crippen LogP contribution in [0.3, 0.4) is 0 Å². The molecule has 192 valence electrons. The predicted molar refractivity (Wildman–Crippen MR) is 161 cm³/mol. The standard InChI is InChI=1S/C30H48O2Si3/c1-29(2,3)34(10,11)31-25-26(19-18-24-33(7,8)9)32-35(30(4,5)6,27-20-14-12-15-21-27)28-22-16-13-17-23-28/h12-17,20-23,26H,19,25H2,1-11H3/t26-/m0/s1. The van der Waals surface area contributed by atoms with Gasteiger partial charge in [-0.2, -0.15) is 0 Å². The minimum absolute atomic E-state index is 0.0723. The molecule has 0 aliphatic rings. The summed E-state index contributed by atoms with van der Waals surface area (Å²) in [6, 6.07) is 21.8. The van der Waals surface area contributed by atoms with Gasteiger partial charge in [0.1, 0.15) is 8.07 Å². The highest BCUT2D eigenvalue weighted by Crippen LogP contribution is 2.39. The molecule has 0 fully saturated rings. The number of hydrogen-bond acceptors (Lipinski definition) is 2. The zero-order valence-electron chi connectivity index (χ0n) is 24.1. The molecule has 2 rings (SSSR count). The molecule has 5 heteroatoms. The maximum atomic E-state index is 7.45. The molecule has 0 amide bonds. The summed E-state index contributed by atoms with van der Waals surface area (Å²) in [5.74, 6) is 3.52. The maximum absolute atomic E-state index is 7.45. The number of benzene rings is 2. The Kier molecular flexibility index (Phi) is 9.63. The molecule has 0 aromatic heterocycles. The maximum Gasteiger partial charge on any atom is 0.261 e. The van der Waals surface area contributed by atoms with Crippen LogP contribution in [0, 0.1) is 11.5 Å². The Labute approximate surface area is 219 Å². The lowest BCUT2D eigenvalue weighted by molar-refractivity contribution is 0.115. The zero-order chi connectivity index (χ0) is 26.5. The molecule has 0 saturated carbocycles. The Hall–Kier alpha value is -1.43. The minimum Gasteiger partial charge on any atom is -0.414 e. The van der Waals surface area contributed by atoms with Gasteiger partial charge >= 0.3 is 0 Å². The lowest BCUT2D eigenvalue weighted by atomic mass is 10.2. The van der Waals surface area contributed by atoms with Crippen molar-refractivity contribution in [3.8, 4) is 11.5 Å². The fourth-order valence-corrected chi connectivity index (χ4v) is 10.4. The van der Waals surface area contributed by atoms with Gasteiger partial charge in [0.15, 0.2) is 8.32 Å². The van der Waals surface area contributed by atoms with Gasteiger partial charge in [0.25, 0.3) is 8.32 Å². The van der Waals surface area contributed by atoms with E-state index in [1.54, 1.807) is 0 Å². The van der Waals surface area contributed by atoms with Gasteiger partial charge in [-0.1, -0.05) is 122 Å². The summed E-state index contributed by atoms with van der Waals surface area (Å²) in [5.41, 5.74) is 3.56. The van der Waals surface area contributed by atoms with Gasteiger partial charge in [0, 0.05) is 6.42 Å². The van der Waals surface area contributed by atoms with Crippen molar-refractivity contribution in [1.29, 1.82) is 0 Å². The van der Waals surface area contributed by atoms with Crippen LogP contribution in [0.25, 0.3) is 0 Å².